The summed E-state index contributed by atoms with van der Waals surface area (Å²) in [6.45, 7) is 7.02. The summed E-state index contributed by atoms with van der Waals surface area (Å²) >= 11 is 0. The second kappa shape index (κ2) is 6.72. The number of carboxylic acids is 1. The van der Waals surface area contributed by atoms with Crippen molar-refractivity contribution >= 4 is 22.6 Å². The number of nitrogens with zero attached hydrogens (tertiary/aromatic N) is 2. The third-order valence-electron chi connectivity index (χ3n) is 5.27. The molecule has 0 amide bonds. The van der Waals surface area contributed by atoms with Gasteiger partial charge in [0.05, 0.1) is 17.3 Å². The molecule has 26 heavy (non-hydrogen) atoms. The van der Waals surface area contributed by atoms with Crippen molar-refractivity contribution in [2.75, 3.05) is 18.0 Å². The number of aromatic carboxylic acids is 1. The van der Waals surface area contributed by atoms with E-state index in [0.29, 0.717) is 42.8 Å². The van der Waals surface area contributed by atoms with Crippen LogP contribution < -0.4 is 10.3 Å². The van der Waals surface area contributed by atoms with Gasteiger partial charge in [0, 0.05) is 31.2 Å². The zero-order valence-electron chi connectivity index (χ0n) is 15.1. The van der Waals surface area contributed by atoms with Gasteiger partial charge in [0.25, 0.3) is 0 Å². The number of aliphatic hydroxyl groups is 1. The van der Waals surface area contributed by atoms with E-state index < -0.39 is 23.3 Å². The normalized spacial score (nSPS) is 20.6. The fourth-order valence-corrected chi connectivity index (χ4v) is 3.85. The maximum atomic E-state index is 14.9. The molecule has 1 aromatic carbocycles. The highest BCUT2D eigenvalue weighted by atomic mass is 19.1. The van der Waals surface area contributed by atoms with E-state index in [-0.39, 0.29) is 16.9 Å². The first-order valence-electron chi connectivity index (χ1n) is 8.78. The lowest BCUT2D eigenvalue weighted by Gasteiger charge is -2.37. The van der Waals surface area contributed by atoms with Crippen LogP contribution in [0.2, 0.25) is 0 Å². The second-order valence-electron chi connectivity index (χ2n) is 6.97. The topological polar surface area (TPSA) is 82.8 Å². The predicted molar refractivity (Wildman–Crippen MR) is 97.5 cm³/mol. The van der Waals surface area contributed by atoms with Gasteiger partial charge in [-0.25, -0.2) is 9.18 Å². The van der Waals surface area contributed by atoms with Crippen molar-refractivity contribution in [3.05, 3.63) is 39.4 Å². The molecule has 140 valence electrons. The molecule has 1 aromatic heterocycles. The molecule has 2 N–H and O–H groups in total. The zero-order valence-corrected chi connectivity index (χ0v) is 15.1. The smallest absolute Gasteiger partial charge is 0.341 e. The van der Waals surface area contributed by atoms with Gasteiger partial charge >= 0.3 is 5.97 Å². The summed E-state index contributed by atoms with van der Waals surface area (Å²) < 4.78 is 16.6. The number of benzene rings is 1. The van der Waals surface area contributed by atoms with Gasteiger partial charge in [0.2, 0.25) is 5.43 Å². The Morgan fingerprint density at radius 2 is 2.12 bits per heavy atom. The molecule has 6 nitrogen and oxygen atoms in total. The minimum atomic E-state index is -1.32. The lowest BCUT2D eigenvalue weighted by Crippen LogP contribution is -2.42. The lowest BCUT2D eigenvalue weighted by molar-refractivity contribution is 0.0694. The number of hydrogen-bond acceptors (Lipinski definition) is 4. The van der Waals surface area contributed by atoms with E-state index >= 15 is 0 Å². The van der Waals surface area contributed by atoms with Gasteiger partial charge in [0.1, 0.15) is 11.4 Å². The summed E-state index contributed by atoms with van der Waals surface area (Å²) in [6.07, 6.45) is 1.47. The van der Waals surface area contributed by atoms with E-state index in [1.807, 2.05) is 18.7 Å². The number of rotatable bonds is 3. The minimum absolute atomic E-state index is 0.0148. The second-order valence-corrected chi connectivity index (χ2v) is 6.97. The third kappa shape index (κ3) is 2.86. The van der Waals surface area contributed by atoms with Crippen LogP contribution >= 0.6 is 0 Å². The van der Waals surface area contributed by atoms with E-state index in [1.165, 1.54) is 6.20 Å². The van der Waals surface area contributed by atoms with Crippen LogP contribution in [0.3, 0.4) is 0 Å². The number of aromatic nitrogens is 1. The van der Waals surface area contributed by atoms with Gasteiger partial charge in [-0.3, -0.25) is 4.79 Å². The van der Waals surface area contributed by atoms with Crippen LogP contribution in [0.4, 0.5) is 10.1 Å². The van der Waals surface area contributed by atoms with Crippen LogP contribution in [0.25, 0.3) is 10.9 Å². The molecule has 1 fully saturated rings. The van der Waals surface area contributed by atoms with Crippen molar-refractivity contribution in [1.82, 2.24) is 4.57 Å². The monoisotopic (exact) mass is 362 g/mol. The van der Waals surface area contributed by atoms with Crippen LogP contribution in [0.1, 0.15) is 36.2 Å². The molecular weight excluding hydrogens is 339 g/mol. The summed E-state index contributed by atoms with van der Waals surface area (Å²) in [5, 5.41) is 19.3. The molecule has 0 bridgehead atoms. The van der Waals surface area contributed by atoms with Crippen LogP contribution in [0.15, 0.2) is 17.1 Å². The molecule has 1 aliphatic rings. The van der Waals surface area contributed by atoms with Crippen LogP contribution in [0.5, 0.6) is 0 Å². The lowest BCUT2D eigenvalue weighted by atomic mass is 9.95. The predicted octanol–water partition coefficient (Wildman–Crippen LogP) is 2.37. The molecule has 0 radical (unpaired) electrons. The summed E-state index contributed by atoms with van der Waals surface area (Å²) in [7, 11) is 0. The van der Waals surface area contributed by atoms with Crippen molar-refractivity contribution in [3.63, 3.8) is 0 Å². The highest BCUT2D eigenvalue weighted by Crippen LogP contribution is 2.33. The molecule has 0 saturated carbocycles. The van der Waals surface area contributed by atoms with Crippen molar-refractivity contribution in [1.29, 1.82) is 0 Å². The molecule has 0 spiro atoms. The Bertz CT molecular complexity index is 938. The van der Waals surface area contributed by atoms with Gasteiger partial charge in [-0.1, -0.05) is 6.92 Å². The molecular formula is C19H23FN2O4. The molecule has 7 heteroatoms. The number of carbonyl (C=O) groups is 1. The number of anilines is 1. The van der Waals surface area contributed by atoms with Crippen molar-refractivity contribution in [2.45, 2.75) is 39.8 Å². The summed E-state index contributed by atoms with van der Waals surface area (Å²) in [5.74, 6) is -1.85. The van der Waals surface area contributed by atoms with Gasteiger partial charge in [-0.15, -0.1) is 0 Å². The molecule has 2 atom stereocenters. The number of carboxylic acid groups (broad SMARTS) is 1. The third-order valence-corrected chi connectivity index (χ3v) is 5.27. The Morgan fingerprint density at radius 1 is 1.42 bits per heavy atom. The van der Waals surface area contributed by atoms with E-state index in [2.05, 4.69) is 0 Å². The average Bonchev–Trinajstić information content (AvgIpc) is 2.58. The van der Waals surface area contributed by atoms with Crippen LogP contribution in [0, 0.1) is 18.7 Å². The highest BCUT2D eigenvalue weighted by molar-refractivity contribution is 5.95. The Kier molecular flexibility index (Phi) is 4.75. The largest absolute Gasteiger partial charge is 0.477 e. The Hall–Kier alpha value is -2.41. The first-order valence-corrected chi connectivity index (χ1v) is 8.78. The molecule has 0 unspecified atom stereocenters. The molecule has 1 aliphatic heterocycles. The van der Waals surface area contributed by atoms with Crippen molar-refractivity contribution in [2.24, 2.45) is 5.92 Å². The van der Waals surface area contributed by atoms with E-state index in [0.717, 1.165) is 6.07 Å². The molecule has 2 aromatic rings. The molecule has 2 heterocycles. The number of aryl methyl sites for hydroxylation is 2. The molecule has 3 rings (SSSR count). The van der Waals surface area contributed by atoms with Gasteiger partial charge in [-0.2, -0.15) is 0 Å². The first-order chi connectivity index (χ1) is 12.3. The fraction of sp³-hybridized carbons (Fsp3) is 0.474. The van der Waals surface area contributed by atoms with E-state index in [9.17, 15) is 24.2 Å². The number of hydrogen-bond donors (Lipinski definition) is 2. The van der Waals surface area contributed by atoms with Gasteiger partial charge < -0.3 is 19.7 Å². The minimum Gasteiger partial charge on any atom is -0.477 e. The zero-order chi connectivity index (χ0) is 19.2. The highest BCUT2D eigenvalue weighted by Gasteiger charge is 2.28. The Balaban J connectivity index is 2.27. The number of piperidine rings is 1. The standard InChI is InChI=1S/C19H23FN2O4/c1-4-21-9-13(19(25)26)18(24)12-7-14(20)17(11(3)16(12)21)22-6-5-15(23)10(2)8-22/h7,9-10,15,23H,4-6,8H2,1-3H3,(H,25,26)/t10-,15-/m1/s1. The summed E-state index contributed by atoms with van der Waals surface area (Å²) in [5.41, 5.74) is 0.548. The SMILES string of the molecule is CCn1cc(C(=O)O)c(=O)c2cc(F)c(N3CC[C@@H](O)[C@H](C)C3)c(C)c21. The quantitative estimate of drug-likeness (QED) is 0.876. The number of halogens is 1. The summed E-state index contributed by atoms with van der Waals surface area (Å²) in [4.78, 5) is 25.8. The van der Waals surface area contributed by atoms with Gasteiger partial charge in [0.15, 0.2) is 0 Å². The summed E-state index contributed by atoms with van der Waals surface area (Å²) in [6, 6.07) is 1.15. The van der Waals surface area contributed by atoms with E-state index in [4.69, 9.17) is 0 Å². The molecule has 0 aliphatic carbocycles. The van der Waals surface area contributed by atoms with E-state index in [1.54, 1.807) is 11.5 Å². The van der Waals surface area contributed by atoms with Crippen molar-refractivity contribution in [3.8, 4) is 0 Å². The Morgan fingerprint density at radius 3 is 2.69 bits per heavy atom. The number of pyridine rings is 1. The van der Waals surface area contributed by atoms with Gasteiger partial charge in [-0.05, 0) is 37.8 Å². The first kappa shape index (κ1) is 18.4. The van der Waals surface area contributed by atoms with Crippen LogP contribution in [-0.4, -0.2) is 39.9 Å². The van der Waals surface area contributed by atoms with Crippen LogP contribution in [-0.2, 0) is 6.54 Å². The fourth-order valence-electron chi connectivity index (χ4n) is 3.85. The van der Waals surface area contributed by atoms with Crippen molar-refractivity contribution < 1.29 is 19.4 Å². The maximum absolute atomic E-state index is 14.9. The number of aliphatic hydroxyl groups excluding tert-OH is 1. The Labute approximate surface area is 150 Å². The average molecular weight is 362 g/mol. The number of fused-ring (bicyclic) bond motifs is 1. The molecule has 1 saturated heterocycles. The maximum Gasteiger partial charge on any atom is 0.341 e.